The number of ether oxygens (including phenoxy) is 1. The molecule has 1 unspecified atom stereocenters. The van der Waals surface area contributed by atoms with Gasteiger partial charge in [0, 0.05) is 5.38 Å². The number of carbonyl (C=O) groups is 1. The summed E-state index contributed by atoms with van der Waals surface area (Å²) in [5, 5.41) is 5.79. The minimum absolute atomic E-state index is 0.140. The van der Waals surface area contributed by atoms with Crippen LogP contribution >= 0.6 is 11.3 Å². The normalized spacial score (nSPS) is 12.2. The highest BCUT2D eigenvalue weighted by Crippen LogP contribution is 2.19. The van der Waals surface area contributed by atoms with E-state index in [1.54, 1.807) is 18.3 Å². The van der Waals surface area contributed by atoms with Crippen LogP contribution in [-0.4, -0.2) is 17.0 Å². The second-order valence-electron chi connectivity index (χ2n) is 5.56. The summed E-state index contributed by atoms with van der Waals surface area (Å²) in [7, 11) is 0. The van der Waals surface area contributed by atoms with Crippen LogP contribution in [0.3, 0.4) is 0 Å². The largest absolute Gasteiger partial charge is 0.481 e. The molecule has 0 aliphatic heterocycles. The molecule has 1 amide bonds. The Morgan fingerprint density at radius 1 is 1.27 bits per heavy atom. The summed E-state index contributed by atoms with van der Waals surface area (Å²) in [5.74, 6) is 1.05. The summed E-state index contributed by atoms with van der Waals surface area (Å²) >= 11 is 1.58. The summed E-state index contributed by atoms with van der Waals surface area (Å²) in [4.78, 5) is 16.4. The molecule has 4 nitrogen and oxygen atoms in total. The zero-order valence-electron chi connectivity index (χ0n) is 13.4. The molecule has 22 heavy (non-hydrogen) atoms. The van der Waals surface area contributed by atoms with Crippen molar-refractivity contribution in [3.63, 3.8) is 0 Å². The zero-order chi connectivity index (χ0) is 16.1. The number of amides is 1. The minimum Gasteiger partial charge on any atom is -0.481 e. The first-order valence-electron chi connectivity index (χ1n) is 7.41. The highest BCUT2D eigenvalue weighted by molar-refractivity contribution is 7.09. The molecule has 1 aromatic carbocycles. The molecule has 0 radical (unpaired) electrons. The Bertz CT molecular complexity index is 620. The average molecular weight is 318 g/mol. The molecule has 0 bridgehead atoms. The van der Waals surface area contributed by atoms with E-state index in [0.29, 0.717) is 18.2 Å². The molecule has 118 valence electrons. The standard InChI is InChI=1S/C17H22N2O2S/c1-11(2)14-5-7-16(8-6-14)21-12(3)17(20)18-9-15-10-22-13(4)19-15/h5-8,10-12H,9H2,1-4H3,(H,18,20). The van der Waals surface area contributed by atoms with Crippen LogP contribution in [0.5, 0.6) is 5.75 Å². The third-order valence-electron chi connectivity index (χ3n) is 3.34. The maximum Gasteiger partial charge on any atom is 0.261 e. The Morgan fingerprint density at radius 2 is 1.95 bits per heavy atom. The van der Waals surface area contributed by atoms with Gasteiger partial charge in [-0.1, -0.05) is 26.0 Å². The maximum absolute atomic E-state index is 12.0. The lowest BCUT2D eigenvalue weighted by Crippen LogP contribution is -2.35. The molecule has 0 spiro atoms. The zero-order valence-corrected chi connectivity index (χ0v) is 14.2. The molecule has 1 heterocycles. The van der Waals surface area contributed by atoms with E-state index in [0.717, 1.165) is 10.7 Å². The number of hydrogen-bond acceptors (Lipinski definition) is 4. The van der Waals surface area contributed by atoms with E-state index in [2.05, 4.69) is 24.1 Å². The number of nitrogens with one attached hydrogen (secondary N) is 1. The SMILES string of the molecule is Cc1nc(CNC(=O)C(C)Oc2ccc(C(C)C)cc2)cs1. The first kappa shape index (κ1) is 16.5. The molecular formula is C17H22N2O2S. The number of aryl methyl sites for hydroxylation is 1. The van der Waals surface area contributed by atoms with Gasteiger partial charge in [0.1, 0.15) is 5.75 Å². The number of thiazole rings is 1. The van der Waals surface area contributed by atoms with Gasteiger partial charge in [-0.3, -0.25) is 4.79 Å². The molecule has 0 saturated heterocycles. The number of carbonyl (C=O) groups excluding carboxylic acids is 1. The highest BCUT2D eigenvalue weighted by Gasteiger charge is 2.14. The Kier molecular flexibility index (Phi) is 5.55. The van der Waals surface area contributed by atoms with Gasteiger partial charge in [0.05, 0.1) is 17.2 Å². The van der Waals surface area contributed by atoms with Crippen LogP contribution in [0.1, 0.15) is 43.0 Å². The number of aromatic nitrogens is 1. The van der Waals surface area contributed by atoms with Gasteiger partial charge in [0.15, 0.2) is 6.10 Å². The molecule has 0 aliphatic carbocycles. The number of rotatable bonds is 6. The highest BCUT2D eigenvalue weighted by atomic mass is 32.1. The van der Waals surface area contributed by atoms with Gasteiger partial charge in [0.2, 0.25) is 0 Å². The number of hydrogen-bond donors (Lipinski definition) is 1. The first-order valence-corrected chi connectivity index (χ1v) is 8.29. The lowest BCUT2D eigenvalue weighted by molar-refractivity contribution is -0.127. The van der Waals surface area contributed by atoms with Gasteiger partial charge in [-0.25, -0.2) is 4.98 Å². The molecule has 2 rings (SSSR count). The van der Waals surface area contributed by atoms with Gasteiger partial charge < -0.3 is 10.1 Å². The van der Waals surface area contributed by atoms with Crippen LogP contribution in [0.15, 0.2) is 29.6 Å². The van der Waals surface area contributed by atoms with Gasteiger partial charge in [0.25, 0.3) is 5.91 Å². The summed E-state index contributed by atoms with van der Waals surface area (Å²) in [6, 6.07) is 7.87. The van der Waals surface area contributed by atoms with E-state index in [4.69, 9.17) is 4.74 Å². The topological polar surface area (TPSA) is 51.2 Å². The molecule has 0 saturated carbocycles. The van der Waals surface area contributed by atoms with Crippen molar-refractivity contribution in [1.29, 1.82) is 0 Å². The summed E-state index contributed by atoms with van der Waals surface area (Å²) in [5.41, 5.74) is 2.13. The Labute approximate surface area is 135 Å². The predicted molar refractivity (Wildman–Crippen MR) is 89.3 cm³/mol. The monoisotopic (exact) mass is 318 g/mol. The second kappa shape index (κ2) is 7.40. The minimum atomic E-state index is -0.537. The fourth-order valence-corrected chi connectivity index (χ4v) is 2.61. The average Bonchev–Trinajstić information content (AvgIpc) is 2.91. The van der Waals surface area contributed by atoms with Gasteiger partial charge in [-0.2, -0.15) is 0 Å². The molecule has 5 heteroatoms. The van der Waals surface area contributed by atoms with Crippen LogP contribution in [0.4, 0.5) is 0 Å². The molecule has 1 aromatic heterocycles. The van der Waals surface area contributed by atoms with Crippen LogP contribution in [0, 0.1) is 6.92 Å². The van der Waals surface area contributed by atoms with Gasteiger partial charge >= 0.3 is 0 Å². The summed E-state index contributed by atoms with van der Waals surface area (Å²) in [6.07, 6.45) is -0.537. The molecule has 0 fully saturated rings. The molecule has 1 N–H and O–H groups in total. The van der Waals surface area contributed by atoms with E-state index in [-0.39, 0.29) is 5.91 Å². The van der Waals surface area contributed by atoms with Crippen molar-refractivity contribution < 1.29 is 9.53 Å². The van der Waals surface area contributed by atoms with Crippen LogP contribution in [0.25, 0.3) is 0 Å². The van der Waals surface area contributed by atoms with Crippen molar-refractivity contribution in [2.75, 3.05) is 0 Å². The Morgan fingerprint density at radius 3 is 2.50 bits per heavy atom. The third kappa shape index (κ3) is 4.56. The fraction of sp³-hybridized carbons (Fsp3) is 0.412. The Hall–Kier alpha value is -1.88. The van der Waals surface area contributed by atoms with Gasteiger partial charge in [-0.05, 0) is 37.5 Å². The molecule has 0 aliphatic rings. The van der Waals surface area contributed by atoms with E-state index < -0.39 is 6.10 Å². The first-order chi connectivity index (χ1) is 10.5. The third-order valence-corrected chi connectivity index (χ3v) is 4.16. The van der Waals surface area contributed by atoms with Crippen molar-refractivity contribution >= 4 is 17.2 Å². The van der Waals surface area contributed by atoms with E-state index in [9.17, 15) is 4.79 Å². The quantitative estimate of drug-likeness (QED) is 0.884. The smallest absolute Gasteiger partial charge is 0.261 e. The lowest BCUT2D eigenvalue weighted by Gasteiger charge is -2.15. The predicted octanol–water partition coefficient (Wildman–Crippen LogP) is 3.66. The molecule has 1 atom stereocenters. The number of nitrogens with zero attached hydrogens (tertiary/aromatic N) is 1. The van der Waals surface area contributed by atoms with Crippen LogP contribution in [-0.2, 0) is 11.3 Å². The molecule has 2 aromatic rings. The number of benzene rings is 1. The fourth-order valence-electron chi connectivity index (χ4n) is 2.00. The van der Waals surface area contributed by atoms with Crippen molar-refractivity contribution in [1.82, 2.24) is 10.3 Å². The van der Waals surface area contributed by atoms with Crippen LogP contribution in [0.2, 0.25) is 0 Å². The maximum atomic E-state index is 12.0. The van der Waals surface area contributed by atoms with Crippen molar-refractivity contribution in [2.45, 2.75) is 46.3 Å². The summed E-state index contributed by atoms with van der Waals surface area (Å²) < 4.78 is 5.67. The van der Waals surface area contributed by atoms with Crippen LogP contribution < -0.4 is 10.1 Å². The Balaban J connectivity index is 1.85. The van der Waals surface area contributed by atoms with Crippen molar-refractivity contribution in [3.05, 3.63) is 45.9 Å². The molecular weight excluding hydrogens is 296 g/mol. The van der Waals surface area contributed by atoms with Crippen molar-refractivity contribution in [3.8, 4) is 5.75 Å². The van der Waals surface area contributed by atoms with Crippen molar-refractivity contribution in [2.24, 2.45) is 0 Å². The van der Waals surface area contributed by atoms with E-state index in [1.807, 2.05) is 36.6 Å². The van der Waals surface area contributed by atoms with Gasteiger partial charge in [-0.15, -0.1) is 11.3 Å². The lowest BCUT2D eigenvalue weighted by atomic mass is 10.0. The second-order valence-corrected chi connectivity index (χ2v) is 6.62. The summed E-state index contributed by atoms with van der Waals surface area (Å²) in [6.45, 7) is 8.42. The van der Waals surface area contributed by atoms with E-state index >= 15 is 0 Å². The van der Waals surface area contributed by atoms with E-state index in [1.165, 1.54) is 5.56 Å².